The number of ether oxygens (including phenoxy) is 1. The van der Waals surface area contributed by atoms with Gasteiger partial charge in [0.25, 0.3) is 0 Å². The van der Waals surface area contributed by atoms with E-state index in [9.17, 15) is 0 Å². The van der Waals surface area contributed by atoms with Crippen LogP contribution in [0.5, 0.6) is 0 Å². The van der Waals surface area contributed by atoms with Crippen LogP contribution < -0.4 is 10.2 Å². The summed E-state index contributed by atoms with van der Waals surface area (Å²) in [5, 5.41) is 4.52. The number of thiazole rings is 1. The Hall–Kier alpha value is -0.650. The number of nitrogens with one attached hydrogen (secondary N) is 1. The van der Waals surface area contributed by atoms with Gasteiger partial charge in [-0.2, -0.15) is 0 Å². The highest BCUT2D eigenvalue weighted by Crippen LogP contribution is 2.31. The van der Waals surface area contributed by atoms with Crippen molar-refractivity contribution in [3.05, 3.63) is 10.6 Å². The van der Waals surface area contributed by atoms with E-state index in [1.54, 1.807) is 11.3 Å². The van der Waals surface area contributed by atoms with Crippen molar-refractivity contribution in [3.63, 3.8) is 0 Å². The van der Waals surface area contributed by atoms with Gasteiger partial charge in [-0.1, -0.05) is 20.8 Å². The fourth-order valence-electron chi connectivity index (χ4n) is 1.90. The minimum atomic E-state index is 0.522. The quantitative estimate of drug-likeness (QED) is 0.673. The Labute approximate surface area is 127 Å². The molecule has 0 bridgehead atoms. The zero-order valence-electron chi connectivity index (χ0n) is 13.5. The molecule has 0 aliphatic carbocycles. The van der Waals surface area contributed by atoms with Gasteiger partial charge in [-0.05, 0) is 25.8 Å². The number of nitrogens with zero attached hydrogens (tertiary/aromatic N) is 2. The number of rotatable bonds is 10. The largest absolute Gasteiger partial charge is 0.380 e. The fourth-order valence-corrected chi connectivity index (χ4v) is 3.04. The molecule has 0 saturated carbocycles. The van der Waals surface area contributed by atoms with Crippen LogP contribution in [0.1, 0.15) is 50.6 Å². The van der Waals surface area contributed by atoms with E-state index in [-0.39, 0.29) is 0 Å². The average molecular weight is 299 g/mol. The van der Waals surface area contributed by atoms with E-state index in [0.717, 1.165) is 44.4 Å². The van der Waals surface area contributed by atoms with Crippen LogP contribution in [0.3, 0.4) is 0 Å². The van der Waals surface area contributed by atoms with Crippen molar-refractivity contribution in [3.8, 4) is 0 Å². The molecule has 0 aliphatic heterocycles. The van der Waals surface area contributed by atoms with Crippen molar-refractivity contribution in [2.45, 2.75) is 46.6 Å². The highest BCUT2D eigenvalue weighted by Gasteiger charge is 2.17. The first-order chi connectivity index (χ1) is 9.63. The summed E-state index contributed by atoms with van der Waals surface area (Å²) in [5.74, 6) is 0.522. The summed E-state index contributed by atoms with van der Waals surface area (Å²) in [7, 11) is 2.09. The Morgan fingerprint density at radius 2 is 2.10 bits per heavy atom. The van der Waals surface area contributed by atoms with Crippen LogP contribution in [0.4, 0.5) is 5.13 Å². The molecular formula is C15H29N3OS. The zero-order chi connectivity index (χ0) is 15.0. The number of likely N-dealkylation sites (N-methyl/N-ethyl adjacent to an activating group) is 1. The smallest absolute Gasteiger partial charge is 0.185 e. The average Bonchev–Trinajstić information content (AvgIpc) is 2.88. The lowest BCUT2D eigenvalue weighted by molar-refractivity contribution is 0.154. The first-order valence-electron chi connectivity index (χ1n) is 7.63. The number of aromatic nitrogens is 1. The summed E-state index contributed by atoms with van der Waals surface area (Å²) in [6, 6.07) is 0. The molecule has 0 saturated heterocycles. The molecule has 1 rings (SSSR count). The van der Waals surface area contributed by atoms with Crippen LogP contribution >= 0.6 is 11.3 Å². The van der Waals surface area contributed by atoms with Gasteiger partial charge in [-0.3, -0.25) is 0 Å². The Morgan fingerprint density at radius 3 is 2.70 bits per heavy atom. The first kappa shape index (κ1) is 17.4. The predicted molar refractivity (Wildman–Crippen MR) is 88.0 cm³/mol. The van der Waals surface area contributed by atoms with E-state index in [1.807, 2.05) is 6.92 Å². The number of anilines is 1. The summed E-state index contributed by atoms with van der Waals surface area (Å²) >= 11 is 1.81. The van der Waals surface area contributed by atoms with E-state index >= 15 is 0 Å². The standard InChI is InChI=1S/C15H29N3OS/c1-6-12(4)14-13(11-16-7-2)20-15(17-14)18(5)9-10-19-8-3/h12,16H,6-11H2,1-5H3. The SMILES string of the molecule is CCNCc1sc(N(C)CCOCC)nc1C(C)CC. The van der Waals surface area contributed by atoms with Gasteiger partial charge >= 0.3 is 0 Å². The van der Waals surface area contributed by atoms with Gasteiger partial charge in [0.2, 0.25) is 0 Å². The van der Waals surface area contributed by atoms with Gasteiger partial charge in [0, 0.05) is 31.6 Å². The predicted octanol–water partition coefficient (Wildman–Crippen LogP) is 3.24. The fraction of sp³-hybridized carbons (Fsp3) is 0.800. The molecule has 1 N–H and O–H groups in total. The molecule has 0 fully saturated rings. The first-order valence-corrected chi connectivity index (χ1v) is 8.44. The minimum absolute atomic E-state index is 0.522. The van der Waals surface area contributed by atoms with Crippen LogP contribution in [0.15, 0.2) is 0 Å². The molecule has 1 unspecified atom stereocenters. The summed E-state index contributed by atoms with van der Waals surface area (Å²) in [6.07, 6.45) is 1.13. The maximum atomic E-state index is 5.42. The number of hydrogen-bond donors (Lipinski definition) is 1. The van der Waals surface area contributed by atoms with Crippen LogP contribution in [0.2, 0.25) is 0 Å². The van der Waals surface area contributed by atoms with E-state index in [0.29, 0.717) is 5.92 Å². The second kappa shape index (κ2) is 9.32. The molecule has 1 heterocycles. The highest BCUT2D eigenvalue weighted by atomic mass is 32.1. The molecule has 0 spiro atoms. The van der Waals surface area contributed by atoms with Crippen molar-refractivity contribution >= 4 is 16.5 Å². The zero-order valence-corrected chi connectivity index (χ0v) is 14.3. The summed E-state index contributed by atoms with van der Waals surface area (Å²) in [4.78, 5) is 8.43. The second-order valence-corrected chi connectivity index (χ2v) is 6.08. The topological polar surface area (TPSA) is 37.4 Å². The van der Waals surface area contributed by atoms with Crippen molar-refractivity contribution in [1.82, 2.24) is 10.3 Å². The molecule has 1 aromatic heterocycles. The van der Waals surface area contributed by atoms with Crippen molar-refractivity contribution in [2.24, 2.45) is 0 Å². The van der Waals surface area contributed by atoms with E-state index < -0.39 is 0 Å². The third-order valence-electron chi connectivity index (χ3n) is 3.43. The van der Waals surface area contributed by atoms with E-state index in [2.05, 4.69) is 38.0 Å². The van der Waals surface area contributed by atoms with Gasteiger partial charge in [-0.25, -0.2) is 4.98 Å². The van der Waals surface area contributed by atoms with Gasteiger partial charge in [0.1, 0.15) is 0 Å². The molecule has 0 aromatic carbocycles. The molecule has 1 atom stereocenters. The second-order valence-electron chi connectivity index (χ2n) is 5.01. The molecule has 116 valence electrons. The third kappa shape index (κ3) is 5.04. The van der Waals surface area contributed by atoms with Crippen LogP contribution in [-0.4, -0.2) is 38.3 Å². The van der Waals surface area contributed by atoms with Gasteiger partial charge in [-0.15, -0.1) is 11.3 Å². The molecule has 1 aromatic rings. The van der Waals surface area contributed by atoms with Crippen molar-refractivity contribution in [2.75, 3.05) is 38.3 Å². The minimum Gasteiger partial charge on any atom is -0.380 e. The molecule has 0 aliphatic rings. The van der Waals surface area contributed by atoms with E-state index in [1.165, 1.54) is 10.6 Å². The molecule has 4 nitrogen and oxygen atoms in total. The van der Waals surface area contributed by atoms with Gasteiger partial charge < -0.3 is 15.0 Å². The lowest BCUT2D eigenvalue weighted by Gasteiger charge is -2.15. The maximum absolute atomic E-state index is 5.42. The molecule has 5 heteroatoms. The Bertz CT molecular complexity index is 381. The third-order valence-corrected chi connectivity index (χ3v) is 4.62. The molecule has 0 radical (unpaired) electrons. The maximum Gasteiger partial charge on any atom is 0.185 e. The van der Waals surface area contributed by atoms with Crippen molar-refractivity contribution in [1.29, 1.82) is 0 Å². The monoisotopic (exact) mass is 299 g/mol. The van der Waals surface area contributed by atoms with Crippen LogP contribution in [0, 0.1) is 0 Å². The Morgan fingerprint density at radius 1 is 1.35 bits per heavy atom. The van der Waals surface area contributed by atoms with Crippen molar-refractivity contribution < 1.29 is 4.74 Å². The summed E-state index contributed by atoms with van der Waals surface area (Å²) in [6.45, 7) is 13.0. The number of hydrogen-bond acceptors (Lipinski definition) is 5. The van der Waals surface area contributed by atoms with Crippen LogP contribution in [-0.2, 0) is 11.3 Å². The molecule has 0 amide bonds. The van der Waals surface area contributed by atoms with Gasteiger partial charge in [0.05, 0.1) is 12.3 Å². The molecule has 20 heavy (non-hydrogen) atoms. The summed E-state index contributed by atoms with van der Waals surface area (Å²) in [5.41, 5.74) is 1.26. The molecular weight excluding hydrogens is 270 g/mol. The normalized spacial score (nSPS) is 12.7. The van der Waals surface area contributed by atoms with Gasteiger partial charge in [0.15, 0.2) is 5.13 Å². The highest BCUT2D eigenvalue weighted by molar-refractivity contribution is 7.15. The Balaban J connectivity index is 2.78. The van der Waals surface area contributed by atoms with Crippen LogP contribution in [0.25, 0.3) is 0 Å². The lowest BCUT2D eigenvalue weighted by Crippen LogP contribution is -2.22. The summed E-state index contributed by atoms with van der Waals surface area (Å²) < 4.78 is 5.42. The Kier molecular flexibility index (Phi) is 8.11. The lowest BCUT2D eigenvalue weighted by atomic mass is 10.0. The van der Waals surface area contributed by atoms with E-state index in [4.69, 9.17) is 9.72 Å².